The van der Waals surface area contributed by atoms with Gasteiger partial charge in [0.05, 0.1) is 12.1 Å². The number of nitrogens with one attached hydrogen (secondary N) is 1. The predicted octanol–water partition coefficient (Wildman–Crippen LogP) is 1.66. The van der Waals surface area contributed by atoms with Crippen molar-refractivity contribution in [2.45, 2.75) is 13.1 Å². The molecule has 0 amide bonds. The normalized spacial score (nSPS) is 10.3. The summed E-state index contributed by atoms with van der Waals surface area (Å²) in [6, 6.07) is 6.41. The van der Waals surface area contributed by atoms with Crippen molar-refractivity contribution in [2.75, 3.05) is 7.05 Å². The first kappa shape index (κ1) is 12.3. The van der Waals surface area contributed by atoms with Crippen LogP contribution in [0.15, 0.2) is 30.6 Å². The summed E-state index contributed by atoms with van der Waals surface area (Å²) in [6.45, 7) is 1.24. The van der Waals surface area contributed by atoms with Crippen molar-refractivity contribution >= 4 is 0 Å². The molecule has 0 saturated carbocycles. The first-order valence-electron chi connectivity index (χ1n) is 5.57. The first-order valence-corrected chi connectivity index (χ1v) is 5.57. The molecule has 2 rings (SSSR count). The van der Waals surface area contributed by atoms with Gasteiger partial charge in [-0.05, 0) is 24.7 Å². The first-order chi connectivity index (χ1) is 8.74. The Morgan fingerprint density at radius 3 is 3.06 bits per heavy atom. The highest BCUT2D eigenvalue weighted by Gasteiger charge is 2.06. The van der Waals surface area contributed by atoms with Crippen molar-refractivity contribution < 1.29 is 4.39 Å². The van der Waals surface area contributed by atoms with Crippen molar-refractivity contribution in [3.63, 3.8) is 0 Å². The number of nitriles is 1. The molecular formula is C13H13FN4. The van der Waals surface area contributed by atoms with Gasteiger partial charge in [0.25, 0.3) is 0 Å². The Bertz CT molecular complexity index is 583. The minimum absolute atomic E-state index is 0.0720. The molecule has 0 aliphatic carbocycles. The van der Waals surface area contributed by atoms with Crippen LogP contribution in [0.4, 0.5) is 4.39 Å². The average Bonchev–Trinajstić information content (AvgIpc) is 2.80. The molecule has 4 nitrogen and oxygen atoms in total. The van der Waals surface area contributed by atoms with Gasteiger partial charge in [-0.2, -0.15) is 5.26 Å². The van der Waals surface area contributed by atoms with Crippen molar-refractivity contribution in [1.82, 2.24) is 14.9 Å². The summed E-state index contributed by atoms with van der Waals surface area (Å²) in [7, 11) is 1.85. The maximum atomic E-state index is 13.2. The summed E-state index contributed by atoms with van der Waals surface area (Å²) in [4.78, 5) is 4.22. The molecule has 0 spiro atoms. The van der Waals surface area contributed by atoms with Gasteiger partial charge in [0, 0.05) is 18.9 Å². The molecule has 1 heterocycles. The zero-order valence-corrected chi connectivity index (χ0v) is 10.0. The zero-order valence-electron chi connectivity index (χ0n) is 10.0. The zero-order chi connectivity index (χ0) is 13.0. The van der Waals surface area contributed by atoms with E-state index in [2.05, 4.69) is 10.3 Å². The average molecular weight is 244 g/mol. The number of nitrogens with zero attached hydrogens (tertiary/aromatic N) is 3. The lowest BCUT2D eigenvalue weighted by Crippen LogP contribution is -2.12. The molecule has 0 fully saturated rings. The highest BCUT2D eigenvalue weighted by atomic mass is 19.1. The van der Waals surface area contributed by atoms with E-state index in [1.54, 1.807) is 18.3 Å². The van der Waals surface area contributed by atoms with E-state index in [0.29, 0.717) is 13.1 Å². The minimum atomic E-state index is -0.484. The molecule has 1 N–H and O–H groups in total. The number of imidazole rings is 1. The monoisotopic (exact) mass is 244 g/mol. The summed E-state index contributed by atoms with van der Waals surface area (Å²) < 4.78 is 15.2. The van der Waals surface area contributed by atoms with Crippen LogP contribution < -0.4 is 5.32 Å². The van der Waals surface area contributed by atoms with Gasteiger partial charge in [0.1, 0.15) is 17.7 Å². The van der Waals surface area contributed by atoms with Gasteiger partial charge >= 0.3 is 0 Å². The van der Waals surface area contributed by atoms with E-state index in [1.165, 1.54) is 6.07 Å². The van der Waals surface area contributed by atoms with Gasteiger partial charge in [-0.3, -0.25) is 0 Å². The van der Waals surface area contributed by atoms with Crippen LogP contribution in [0.3, 0.4) is 0 Å². The maximum Gasteiger partial charge on any atom is 0.140 e. The van der Waals surface area contributed by atoms with Crippen LogP contribution in [0, 0.1) is 17.1 Å². The van der Waals surface area contributed by atoms with Crippen molar-refractivity contribution in [2.24, 2.45) is 0 Å². The van der Waals surface area contributed by atoms with Crippen LogP contribution in [0.5, 0.6) is 0 Å². The maximum absolute atomic E-state index is 13.2. The van der Waals surface area contributed by atoms with Gasteiger partial charge in [-0.15, -0.1) is 0 Å². The van der Waals surface area contributed by atoms with Crippen LogP contribution in [0.2, 0.25) is 0 Å². The molecule has 0 unspecified atom stereocenters. The number of halogens is 1. The minimum Gasteiger partial charge on any atom is -0.329 e. The molecular weight excluding hydrogens is 231 g/mol. The summed E-state index contributed by atoms with van der Waals surface area (Å²) in [5.74, 6) is 0.419. The van der Waals surface area contributed by atoms with Gasteiger partial charge in [-0.25, -0.2) is 9.37 Å². The van der Waals surface area contributed by atoms with Crippen LogP contribution in [0.1, 0.15) is 17.0 Å². The Morgan fingerprint density at radius 2 is 2.33 bits per heavy atom. The molecule has 0 atom stereocenters. The van der Waals surface area contributed by atoms with Gasteiger partial charge in [0.15, 0.2) is 0 Å². The largest absolute Gasteiger partial charge is 0.329 e. The Labute approximate surface area is 105 Å². The van der Waals surface area contributed by atoms with Crippen LogP contribution >= 0.6 is 0 Å². The highest BCUT2D eigenvalue weighted by molar-refractivity contribution is 5.34. The fourth-order valence-electron chi connectivity index (χ4n) is 1.76. The van der Waals surface area contributed by atoms with E-state index in [1.807, 2.05) is 23.9 Å². The number of aromatic nitrogens is 2. The number of benzene rings is 1. The molecule has 1 aromatic heterocycles. The quantitative estimate of drug-likeness (QED) is 0.890. The Morgan fingerprint density at radius 1 is 1.50 bits per heavy atom. The molecule has 0 radical (unpaired) electrons. The number of hydrogen-bond donors (Lipinski definition) is 1. The second-order valence-corrected chi connectivity index (χ2v) is 3.93. The van der Waals surface area contributed by atoms with E-state index >= 15 is 0 Å². The van der Waals surface area contributed by atoms with Crippen molar-refractivity contribution in [3.05, 3.63) is 53.4 Å². The SMILES string of the molecule is CNCc1nccn1Cc1ccc(F)c(C#N)c1. The van der Waals surface area contributed by atoms with Crippen LogP contribution in [0.25, 0.3) is 0 Å². The van der Waals surface area contributed by atoms with E-state index in [4.69, 9.17) is 5.26 Å². The third kappa shape index (κ3) is 2.55. The third-order valence-electron chi connectivity index (χ3n) is 2.64. The summed E-state index contributed by atoms with van der Waals surface area (Å²) in [5.41, 5.74) is 0.950. The smallest absolute Gasteiger partial charge is 0.140 e. The fraction of sp³-hybridized carbons (Fsp3) is 0.231. The molecule has 0 bridgehead atoms. The molecule has 2 aromatic rings. The standard InChI is InChI=1S/C13H13FN4/c1-16-8-13-17-4-5-18(13)9-10-2-3-12(14)11(6-10)7-15/h2-6,16H,8-9H2,1H3. The molecule has 0 aliphatic heterocycles. The predicted molar refractivity (Wildman–Crippen MR) is 65.2 cm³/mol. The van der Waals surface area contributed by atoms with Crippen molar-refractivity contribution in [1.29, 1.82) is 5.26 Å². The van der Waals surface area contributed by atoms with Crippen molar-refractivity contribution in [3.8, 4) is 6.07 Å². The molecule has 5 heteroatoms. The Kier molecular flexibility index (Phi) is 3.70. The Balaban J connectivity index is 2.23. The molecule has 18 heavy (non-hydrogen) atoms. The summed E-state index contributed by atoms with van der Waals surface area (Å²) in [5, 5.41) is 11.8. The van der Waals surface area contributed by atoms with E-state index in [0.717, 1.165) is 11.4 Å². The van der Waals surface area contributed by atoms with E-state index < -0.39 is 5.82 Å². The second-order valence-electron chi connectivity index (χ2n) is 3.93. The highest BCUT2D eigenvalue weighted by Crippen LogP contribution is 2.11. The van der Waals surface area contributed by atoms with Gasteiger partial charge < -0.3 is 9.88 Å². The lowest BCUT2D eigenvalue weighted by molar-refractivity contribution is 0.621. The third-order valence-corrected chi connectivity index (χ3v) is 2.64. The van der Waals surface area contributed by atoms with Crippen LogP contribution in [-0.2, 0) is 13.1 Å². The van der Waals surface area contributed by atoms with E-state index in [9.17, 15) is 4.39 Å². The topological polar surface area (TPSA) is 53.6 Å². The Hall–Kier alpha value is -2.19. The lowest BCUT2D eigenvalue weighted by Gasteiger charge is -2.08. The molecule has 0 saturated heterocycles. The molecule has 1 aromatic carbocycles. The van der Waals surface area contributed by atoms with E-state index in [-0.39, 0.29) is 5.56 Å². The van der Waals surface area contributed by atoms with Crippen LogP contribution in [-0.4, -0.2) is 16.6 Å². The number of hydrogen-bond acceptors (Lipinski definition) is 3. The summed E-state index contributed by atoms with van der Waals surface area (Å²) >= 11 is 0. The molecule has 92 valence electrons. The van der Waals surface area contributed by atoms with Gasteiger partial charge in [-0.1, -0.05) is 6.07 Å². The lowest BCUT2D eigenvalue weighted by atomic mass is 10.1. The number of rotatable bonds is 4. The van der Waals surface area contributed by atoms with Gasteiger partial charge in [0.2, 0.25) is 0 Å². The fourth-order valence-corrected chi connectivity index (χ4v) is 1.76. The second kappa shape index (κ2) is 5.43. The molecule has 0 aliphatic rings. The summed E-state index contributed by atoms with van der Waals surface area (Å²) in [6.07, 6.45) is 3.59.